The van der Waals surface area contributed by atoms with Crippen molar-refractivity contribution in [1.29, 1.82) is 0 Å². The number of rotatable bonds is 4. The molecule has 0 spiro atoms. The van der Waals surface area contributed by atoms with Crippen LogP contribution in [0.1, 0.15) is 28.8 Å². The Bertz CT molecular complexity index is 782. The van der Waals surface area contributed by atoms with E-state index in [2.05, 4.69) is 5.32 Å². The lowest BCUT2D eigenvalue weighted by atomic mass is 10.2. The first-order valence-electron chi connectivity index (χ1n) is 6.99. The molecule has 22 heavy (non-hydrogen) atoms. The molecule has 2 aromatic rings. The van der Waals surface area contributed by atoms with Crippen molar-refractivity contribution < 1.29 is 4.79 Å². The van der Waals surface area contributed by atoms with E-state index in [9.17, 15) is 9.59 Å². The maximum absolute atomic E-state index is 12.4. The number of amides is 1. The number of nitrogens with one attached hydrogen (secondary N) is 1. The Labute approximate surface area is 137 Å². The van der Waals surface area contributed by atoms with E-state index < -0.39 is 0 Å². The van der Waals surface area contributed by atoms with E-state index in [-0.39, 0.29) is 23.1 Å². The van der Waals surface area contributed by atoms with Crippen molar-refractivity contribution in [2.24, 2.45) is 0 Å². The molecule has 1 aliphatic carbocycles. The number of pyridine rings is 1. The highest BCUT2D eigenvalue weighted by Gasteiger charge is 2.25. The van der Waals surface area contributed by atoms with Crippen LogP contribution in [0.4, 0.5) is 0 Å². The zero-order valence-corrected chi connectivity index (χ0v) is 13.2. The molecular formula is C16H14Cl2N2O2. The van der Waals surface area contributed by atoms with Crippen LogP contribution >= 0.6 is 23.2 Å². The monoisotopic (exact) mass is 336 g/mol. The van der Waals surface area contributed by atoms with Crippen LogP contribution in [-0.4, -0.2) is 16.5 Å². The minimum absolute atomic E-state index is 0.162. The average Bonchev–Trinajstić information content (AvgIpc) is 3.29. The number of nitrogens with zero attached hydrogens (tertiary/aromatic N) is 1. The molecule has 114 valence electrons. The van der Waals surface area contributed by atoms with Crippen molar-refractivity contribution in [3.63, 3.8) is 0 Å². The van der Waals surface area contributed by atoms with Crippen LogP contribution in [0.5, 0.6) is 0 Å². The van der Waals surface area contributed by atoms with Gasteiger partial charge in [-0.15, -0.1) is 0 Å². The van der Waals surface area contributed by atoms with Gasteiger partial charge in [0.2, 0.25) is 0 Å². The third kappa shape index (κ3) is 3.34. The van der Waals surface area contributed by atoms with Gasteiger partial charge < -0.3 is 9.88 Å². The molecule has 6 heteroatoms. The molecule has 0 atom stereocenters. The topological polar surface area (TPSA) is 51.1 Å². The molecule has 0 aliphatic heterocycles. The van der Waals surface area contributed by atoms with Crippen LogP contribution in [0.25, 0.3) is 0 Å². The number of hydrogen-bond donors (Lipinski definition) is 1. The molecule has 1 heterocycles. The predicted octanol–water partition coefficient (Wildman–Crippen LogP) is 3.10. The third-order valence-corrected chi connectivity index (χ3v) is 4.25. The molecule has 0 radical (unpaired) electrons. The van der Waals surface area contributed by atoms with Gasteiger partial charge in [0.15, 0.2) is 0 Å². The highest BCUT2D eigenvalue weighted by molar-refractivity contribution is 6.42. The summed E-state index contributed by atoms with van der Waals surface area (Å²) in [6, 6.07) is 8.67. The molecule has 1 amide bonds. The molecule has 0 unspecified atom stereocenters. The fraction of sp³-hybridized carbons (Fsp3) is 0.250. The summed E-state index contributed by atoms with van der Waals surface area (Å²) in [5.41, 5.74) is 0.692. The van der Waals surface area contributed by atoms with E-state index in [1.54, 1.807) is 36.5 Å². The SMILES string of the molecule is O=C(NC1CC1)c1cccn(Cc2ccc(Cl)c(Cl)c2)c1=O. The minimum Gasteiger partial charge on any atom is -0.349 e. The van der Waals surface area contributed by atoms with Crippen LogP contribution in [0.2, 0.25) is 10.0 Å². The number of carbonyl (C=O) groups excluding carboxylic acids is 1. The lowest BCUT2D eigenvalue weighted by Gasteiger charge is -2.09. The van der Waals surface area contributed by atoms with E-state index >= 15 is 0 Å². The van der Waals surface area contributed by atoms with Crippen LogP contribution in [0.15, 0.2) is 41.3 Å². The van der Waals surface area contributed by atoms with E-state index in [0.717, 1.165) is 18.4 Å². The Kier molecular flexibility index (Phi) is 4.23. The number of carbonyl (C=O) groups is 1. The summed E-state index contributed by atoms with van der Waals surface area (Å²) in [4.78, 5) is 24.5. The lowest BCUT2D eigenvalue weighted by molar-refractivity contribution is 0.0949. The van der Waals surface area contributed by atoms with Gasteiger partial charge in [0.05, 0.1) is 16.6 Å². The average molecular weight is 337 g/mol. The zero-order valence-electron chi connectivity index (χ0n) is 11.7. The normalized spacial score (nSPS) is 13.9. The van der Waals surface area contributed by atoms with E-state index in [1.165, 1.54) is 4.57 Å². The van der Waals surface area contributed by atoms with Crippen molar-refractivity contribution in [1.82, 2.24) is 9.88 Å². The minimum atomic E-state index is -0.313. The second-order valence-electron chi connectivity index (χ2n) is 5.35. The number of hydrogen-bond acceptors (Lipinski definition) is 2. The van der Waals surface area contributed by atoms with Crippen LogP contribution in [0.3, 0.4) is 0 Å². The van der Waals surface area contributed by atoms with Gasteiger partial charge in [-0.1, -0.05) is 29.3 Å². The molecule has 4 nitrogen and oxygen atoms in total. The van der Waals surface area contributed by atoms with Gasteiger partial charge in [-0.25, -0.2) is 0 Å². The molecule has 0 saturated heterocycles. The van der Waals surface area contributed by atoms with Gasteiger partial charge in [-0.3, -0.25) is 9.59 Å². The van der Waals surface area contributed by atoms with Crippen molar-refractivity contribution in [3.8, 4) is 0 Å². The van der Waals surface area contributed by atoms with Crippen molar-refractivity contribution >= 4 is 29.1 Å². The Morgan fingerprint density at radius 3 is 2.68 bits per heavy atom. The summed E-state index contributed by atoms with van der Waals surface area (Å²) in [5.74, 6) is -0.309. The Morgan fingerprint density at radius 2 is 2.00 bits per heavy atom. The first-order chi connectivity index (χ1) is 10.5. The maximum atomic E-state index is 12.4. The zero-order chi connectivity index (χ0) is 15.7. The smallest absolute Gasteiger partial charge is 0.263 e. The van der Waals surface area contributed by atoms with Gasteiger partial charge in [0, 0.05) is 12.2 Å². The molecule has 1 aromatic heterocycles. The van der Waals surface area contributed by atoms with E-state index in [4.69, 9.17) is 23.2 Å². The van der Waals surface area contributed by atoms with Gasteiger partial charge in [0.1, 0.15) is 5.56 Å². The number of aromatic nitrogens is 1. The van der Waals surface area contributed by atoms with Gasteiger partial charge in [0.25, 0.3) is 11.5 Å². The maximum Gasteiger partial charge on any atom is 0.263 e. The first-order valence-corrected chi connectivity index (χ1v) is 7.74. The highest BCUT2D eigenvalue weighted by atomic mass is 35.5. The largest absolute Gasteiger partial charge is 0.349 e. The fourth-order valence-corrected chi connectivity index (χ4v) is 2.48. The summed E-state index contributed by atoms with van der Waals surface area (Å²) in [6.45, 7) is 0.334. The van der Waals surface area contributed by atoms with Gasteiger partial charge >= 0.3 is 0 Å². The molecule has 3 rings (SSSR count). The first kappa shape index (κ1) is 15.1. The predicted molar refractivity (Wildman–Crippen MR) is 86.8 cm³/mol. The van der Waals surface area contributed by atoms with Crippen molar-refractivity contribution in [2.75, 3.05) is 0 Å². The quantitative estimate of drug-likeness (QED) is 0.932. The summed E-state index contributed by atoms with van der Waals surface area (Å²) in [6.07, 6.45) is 3.62. The molecule has 0 bridgehead atoms. The van der Waals surface area contributed by atoms with Gasteiger partial charge in [-0.2, -0.15) is 0 Å². The number of halogens is 2. The summed E-state index contributed by atoms with van der Waals surface area (Å²) in [7, 11) is 0. The van der Waals surface area contributed by atoms with E-state index in [1.807, 2.05) is 0 Å². The third-order valence-electron chi connectivity index (χ3n) is 3.51. The van der Waals surface area contributed by atoms with Crippen molar-refractivity contribution in [2.45, 2.75) is 25.4 Å². The standard InChI is InChI=1S/C16H14Cl2N2O2/c17-13-6-3-10(8-14(13)18)9-20-7-1-2-12(16(20)22)15(21)19-11-4-5-11/h1-3,6-8,11H,4-5,9H2,(H,19,21). The molecule has 1 N–H and O–H groups in total. The van der Waals surface area contributed by atoms with Crippen LogP contribution in [-0.2, 0) is 6.54 Å². The van der Waals surface area contributed by atoms with Crippen molar-refractivity contribution in [3.05, 3.63) is 68.1 Å². The molecule has 1 saturated carbocycles. The molecule has 1 aromatic carbocycles. The molecule has 1 aliphatic rings. The van der Waals surface area contributed by atoms with E-state index in [0.29, 0.717) is 16.6 Å². The van der Waals surface area contributed by atoms with Crippen LogP contribution < -0.4 is 10.9 Å². The Morgan fingerprint density at radius 1 is 1.23 bits per heavy atom. The van der Waals surface area contributed by atoms with Crippen LogP contribution in [0, 0.1) is 0 Å². The highest BCUT2D eigenvalue weighted by Crippen LogP contribution is 2.23. The summed E-state index contributed by atoms with van der Waals surface area (Å²) >= 11 is 11.9. The second kappa shape index (κ2) is 6.15. The molecule has 1 fully saturated rings. The second-order valence-corrected chi connectivity index (χ2v) is 6.17. The van der Waals surface area contributed by atoms with Gasteiger partial charge in [-0.05, 0) is 42.7 Å². The Balaban J connectivity index is 1.85. The number of benzene rings is 1. The summed E-state index contributed by atoms with van der Waals surface area (Å²) in [5, 5.41) is 3.74. The Hall–Kier alpha value is -1.78. The molecular weight excluding hydrogens is 323 g/mol. The lowest BCUT2D eigenvalue weighted by Crippen LogP contribution is -2.33. The summed E-state index contributed by atoms with van der Waals surface area (Å²) < 4.78 is 1.49. The fourth-order valence-electron chi connectivity index (χ4n) is 2.16.